The minimum absolute atomic E-state index is 0.0121. The van der Waals surface area contributed by atoms with Crippen molar-refractivity contribution >= 4 is 67.3 Å². The van der Waals surface area contributed by atoms with Gasteiger partial charge in [0.15, 0.2) is 0 Å². The molecule has 2 heterocycles. The molecule has 46 heavy (non-hydrogen) atoms. The van der Waals surface area contributed by atoms with E-state index in [4.69, 9.17) is 19.3 Å². The first-order chi connectivity index (χ1) is 21.7. The third-order valence-electron chi connectivity index (χ3n) is 5.35. The van der Waals surface area contributed by atoms with Crippen LogP contribution in [0.4, 0.5) is 47.1 Å². The van der Waals surface area contributed by atoms with Gasteiger partial charge >= 0.3 is 0 Å². The van der Waals surface area contributed by atoms with Crippen molar-refractivity contribution in [1.82, 2.24) is 29.9 Å². The topological polar surface area (TPSA) is 339 Å². The van der Waals surface area contributed by atoms with Gasteiger partial charge in [-0.25, -0.2) is 0 Å². The van der Waals surface area contributed by atoms with Crippen LogP contribution in [0.1, 0.15) is 0 Å². The Morgan fingerprint density at radius 3 is 1.28 bits per heavy atom. The van der Waals surface area contributed by atoms with Crippen molar-refractivity contribution < 1.29 is 46.4 Å². The monoisotopic (exact) mass is 690 g/mol. The van der Waals surface area contributed by atoms with E-state index in [0.717, 1.165) is 0 Å². The van der Waals surface area contributed by atoms with Crippen molar-refractivity contribution in [3.63, 3.8) is 0 Å². The number of nitrogens with zero attached hydrogens (tertiary/aromatic N) is 6. The lowest BCUT2D eigenvalue weighted by molar-refractivity contribution is 0.105. The van der Waals surface area contributed by atoms with Crippen molar-refractivity contribution in [3.05, 3.63) is 24.3 Å². The highest BCUT2D eigenvalue weighted by Gasteiger charge is 2.13. The van der Waals surface area contributed by atoms with Gasteiger partial charge in [0.05, 0.1) is 36.9 Å². The second-order valence-electron chi connectivity index (χ2n) is 9.30. The van der Waals surface area contributed by atoms with Crippen LogP contribution in [0.3, 0.4) is 0 Å². The molecule has 0 radical (unpaired) electrons. The predicted molar refractivity (Wildman–Crippen MR) is 166 cm³/mol. The van der Waals surface area contributed by atoms with Gasteiger partial charge in [-0.05, 0) is 18.2 Å². The van der Waals surface area contributed by atoms with Gasteiger partial charge < -0.3 is 52.3 Å². The van der Waals surface area contributed by atoms with Gasteiger partial charge in [-0.1, -0.05) is 6.07 Å². The Kier molecular flexibility index (Phi) is 13.2. The van der Waals surface area contributed by atoms with Crippen molar-refractivity contribution in [2.24, 2.45) is 0 Å². The number of anilines is 8. The molecule has 0 fully saturated rings. The van der Waals surface area contributed by atoms with Crippen molar-refractivity contribution in [1.29, 1.82) is 0 Å². The molecule has 2 atom stereocenters. The van der Waals surface area contributed by atoms with Crippen LogP contribution in [0.15, 0.2) is 24.3 Å². The molecule has 3 rings (SSSR count). The van der Waals surface area contributed by atoms with Gasteiger partial charge in [-0.2, -0.15) is 46.7 Å². The third-order valence-corrected chi connectivity index (χ3v) is 6.79. The highest BCUT2D eigenvalue weighted by Crippen LogP contribution is 2.22. The molecule has 0 aliphatic carbocycles. The zero-order chi connectivity index (χ0) is 33.7. The van der Waals surface area contributed by atoms with E-state index in [1.54, 1.807) is 24.3 Å². The summed E-state index contributed by atoms with van der Waals surface area (Å²) in [6.07, 6.45) is -2.23. The molecule has 0 aliphatic rings. The van der Waals surface area contributed by atoms with Gasteiger partial charge in [0.25, 0.3) is 20.2 Å². The molecule has 0 aliphatic heterocycles. The molecular weight excluding hydrogens is 656 g/mol. The normalized spacial score (nSPS) is 13.0. The Balaban J connectivity index is 1.81. The summed E-state index contributed by atoms with van der Waals surface area (Å²) in [5, 5.41) is 54.1. The van der Waals surface area contributed by atoms with Crippen LogP contribution >= 0.6 is 0 Å². The zero-order valence-corrected chi connectivity index (χ0v) is 25.6. The summed E-state index contributed by atoms with van der Waals surface area (Å²) in [7, 11) is -8.51. The molecule has 1 aromatic carbocycles. The molecule has 24 heteroatoms. The van der Waals surface area contributed by atoms with Crippen molar-refractivity contribution in [2.45, 2.75) is 12.2 Å². The summed E-state index contributed by atoms with van der Waals surface area (Å²) in [6.45, 7) is -1.72. The fraction of sp³-hybridized carbons (Fsp3) is 0.455. The van der Waals surface area contributed by atoms with E-state index in [0.29, 0.717) is 11.4 Å². The summed E-state index contributed by atoms with van der Waals surface area (Å²) < 4.78 is 62.3. The van der Waals surface area contributed by atoms with Gasteiger partial charge in [-0.3, -0.25) is 9.11 Å². The third kappa shape index (κ3) is 13.8. The van der Waals surface area contributed by atoms with Gasteiger partial charge in [0.2, 0.25) is 35.7 Å². The number of nitrogens with one attached hydrogen (secondary N) is 6. The van der Waals surface area contributed by atoms with Crippen LogP contribution in [0.2, 0.25) is 0 Å². The van der Waals surface area contributed by atoms with Crippen LogP contribution in [0, 0.1) is 0 Å². The fourth-order valence-electron chi connectivity index (χ4n) is 3.24. The first-order valence-corrected chi connectivity index (χ1v) is 16.5. The smallest absolute Gasteiger partial charge is 0.266 e. The predicted octanol–water partition coefficient (Wildman–Crippen LogP) is -2.33. The largest absolute Gasteiger partial charge is 0.394 e. The summed E-state index contributed by atoms with van der Waals surface area (Å²) in [4.78, 5) is 24.9. The van der Waals surface area contributed by atoms with Gasteiger partial charge in [0, 0.05) is 37.6 Å². The van der Waals surface area contributed by atoms with E-state index < -0.39 is 57.2 Å². The van der Waals surface area contributed by atoms with E-state index in [1.165, 1.54) is 0 Å². The van der Waals surface area contributed by atoms with Crippen LogP contribution < -0.4 is 31.9 Å². The molecule has 0 saturated carbocycles. The second-order valence-corrected chi connectivity index (χ2v) is 12.4. The number of aliphatic hydroxyl groups is 4. The minimum atomic E-state index is -4.25. The fourth-order valence-corrected chi connectivity index (χ4v) is 3.96. The number of rotatable bonds is 20. The highest BCUT2D eigenvalue weighted by atomic mass is 32.2. The first kappa shape index (κ1) is 36.2. The maximum absolute atomic E-state index is 11.1. The maximum atomic E-state index is 11.1. The number of aromatic nitrogens is 6. The molecule has 3 aromatic rings. The second kappa shape index (κ2) is 16.9. The van der Waals surface area contributed by atoms with E-state index in [2.05, 4.69) is 61.8 Å². The van der Waals surface area contributed by atoms with Crippen LogP contribution in [-0.4, -0.2) is 139 Å². The van der Waals surface area contributed by atoms with Crippen LogP contribution in [0.5, 0.6) is 0 Å². The SMILES string of the molecule is O=S(=O)(O)CCNc1nc(NCC(O)CO)nc(Nc2cccc(Nc3nc(NCCS(=O)(=O)O)nc(NCC(O)CO)n3)c2)n1. The van der Waals surface area contributed by atoms with E-state index >= 15 is 0 Å². The highest BCUT2D eigenvalue weighted by molar-refractivity contribution is 7.86. The zero-order valence-electron chi connectivity index (χ0n) is 23.9. The van der Waals surface area contributed by atoms with Crippen LogP contribution in [0.25, 0.3) is 0 Å². The molecule has 0 spiro atoms. The first-order valence-electron chi connectivity index (χ1n) is 13.3. The molecule has 0 amide bonds. The Hall–Kier alpha value is -4.30. The molecule has 2 unspecified atom stereocenters. The van der Waals surface area contributed by atoms with Crippen molar-refractivity contribution in [3.8, 4) is 0 Å². The molecule has 12 N–H and O–H groups in total. The quantitative estimate of drug-likeness (QED) is 0.0553. The van der Waals surface area contributed by atoms with E-state index in [1.807, 2.05) is 0 Å². The molecule has 0 saturated heterocycles. The average molecular weight is 691 g/mol. The maximum Gasteiger partial charge on any atom is 0.266 e. The summed E-state index contributed by atoms with van der Waals surface area (Å²) in [5.74, 6) is -1.45. The van der Waals surface area contributed by atoms with Gasteiger partial charge in [0.1, 0.15) is 0 Å². The standard InChI is InChI=1S/C22H34N12O10S2/c35-11-15(37)9-25-19-29-17(23-4-6-45(39,40)41)31-21(33-19)27-13-2-1-3-14(8-13)28-22-32-18(24-5-7-46(42,43)44)30-20(34-22)26-10-16(38)12-36/h1-3,8,15-16,35-38H,4-7,9-12H2,(H,39,40,41)(H,42,43,44)(H3,23,25,27,29,31,33)(H3,24,26,28,30,32,34). The summed E-state index contributed by atoms with van der Waals surface area (Å²) >= 11 is 0. The molecular formula is C22H34N12O10S2. The summed E-state index contributed by atoms with van der Waals surface area (Å²) in [5.41, 5.74) is 0.873. The Bertz CT molecular complexity index is 1540. The summed E-state index contributed by atoms with van der Waals surface area (Å²) in [6, 6.07) is 6.57. The van der Waals surface area contributed by atoms with E-state index in [-0.39, 0.29) is 61.9 Å². The Morgan fingerprint density at radius 1 is 0.587 bits per heavy atom. The molecule has 254 valence electrons. The average Bonchev–Trinajstić information content (AvgIpc) is 2.97. The lowest BCUT2D eigenvalue weighted by atomic mass is 10.3. The Morgan fingerprint density at radius 2 is 0.935 bits per heavy atom. The Labute approximate surface area is 262 Å². The lowest BCUT2D eigenvalue weighted by Crippen LogP contribution is -2.24. The molecule has 0 bridgehead atoms. The van der Waals surface area contributed by atoms with E-state index in [9.17, 15) is 27.0 Å². The van der Waals surface area contributed by atoms with Crippen LogP contribution in [-0.2, 0) is 20.2 Å². The number of hydrogen-bond donors (Lipinski definition) is 12. The lowest BCUT2D eigenvalue weighted by Gasteiger charge is -2.14. The number of hydrogen-bond acceptors (Lipinski definition) is 20. The minimum Gasteiger partial charge on any atom is -0.394 e. The van der Waals surface area contributed by atoms with Gasteiger partial charge in [-0.15, -0.1) is 0 Å². The molecule has 2 aromatic heterocycles. The number of aliphatic hydroxyl groups excluding tert-OH is 4. The van der Waals surface area contributed by atoms with Crippen molar-refractivity contribution in [2.75, 3.05) is 82.8 Å². The number of benzene rings is 1. The molecule has 22 nitrogen and oxygen atoms in total.